The Morgan fingerprint density at radius 1 is 1.11 bits per heavy atom. The maximum absolute atomic E-state index is 12.8. The third-order valence-electron chi connectivity index (χ3n) is 3.77. The van der Waals surface area contributed by atoms with Crippen LogP contribution in [0, 0.1) is 0 Å². The predicted octanol–water partition coefficient (Wildman–Crippen LogP) is 2.16. The molecule has 0 saturated carbocycles. The number of hydrogen-bond acceptors (Lipinski definition) is 9. The summed E-state index contributed by atoms with van der Waals surface area (Å²) in [5, 5.41) is -1.04. The molecule has 0 aromatic carbocycles. The zero-order chi connectivity index (χ0) is 19.3. The monoisotopic (exact) mass is 404 g/mol. The van der Waals surface area contributed by atoms with Crippen molar-refractivity contribution in [2.45, 2.75) is 27.6 Å². The second-order valence-electron chi connectivity index (χ2n) is 5.52. The lowest BCUT2D eigenvalue weighted by molar-refractivity contribution is -0.171. The Kier molecular flexibility index (Phi) is 6.12. The van der Waals surface area contributed by atoms with Crippen LogP contribution in [0.4, 0.5) is 0 Å². The minimum atomic E-state index is -1.70. The molecule has 0 aliphatic carbocycles. The molecule has 2 aromatic rings. The van der Waals surface area contributed by atoms with Crippen LogP contribution in [0.15, 0.2) is 58.8 Å². The number of cyclic esters (lactones) is 1. The van der Waals surface area contributed by atoms with Crippen molar-refractivity contribution in [3.05, 3.63) is 49.1 Å². The van der Waals surface area contributed by atoms with Crippen molar-refractivity contribution in [3.8, 4) is 0 Å². The van der Waals surface area contributed by atoms with Crippen molar-refractivity contribution in [2.75, 3.05) is 12.4 Å². The SMILES string of the molecule is CCOC(=O)C1(CSc2ccncc2)OC(=O)C(=O)C1Sc1ccncc1. The lowest BCUT2D eigenvalue weighted by Crippen LogP contribution is -2.50. The summed E-state index contributed by atoms with van der Waals surface area (Å²) in [7, 11) is 0. The van der Waals surface area contributed by atoms with Crippen LogP contribution in [0.25, 0.3) is 0 Å². The minimum Gasteiger partial charge on any atom is -0.463 e. The van der Waals surface area contributed by atoms with Gasteiger partial charge in [-0.1, -0.05) is 0 Å². The van der Waals surface area contributed by atoms with E-state index < -0.39 is 28.6 Å². The first-order chi connectivity index (χ1) is 13.1. The van der Waals surface area contributed by atoms with Gasteiger partial charge in [0.1, 0.15) is 5.25 Å². The number of ketones is 1. The van der Waals surface area contributed by atoms with E-state index in [4.69, 9.17) is 9.47 Å². The first-order valence-electron chi connectivity index (χ1n) is 8.10. The maximum Gasteiger partial charge on any atom is 0.377 e. The highest BCUT2D eigenvalue weighted by Gasteiger charge is 2.62. The Hall–Kier alpha value is -2.39. The van der Waals surface area contributed by atoms with Gasteiger partial charge >= 0.3 is 11.9 Å². The lowest BCUT2D eigenvalue weighted by Gasteiger charge is -2.29. The number of Topliss-reactive ketones (excluding diaryl/α,β-unsaturated/α-hetero) is 1. The average molecular weight is 404 g/mol. The van der Waals surface area contributed by atoms with Crippen molar-refractivity contribution in [2.24, 2.45) is 0 Å². The van der Waals surface area contributed by atoms with Crippen LogP contribution in [-0.2, 0) is 23.9 Å². The van der Waals surface area contributed by atoms with Crippen LogP contribution < -0.4 is 0 Å². The smallest absolute Gasteiger partial charge is 0.377 e. The van der Waals surface area contributed by atoms with Gasteiger partial charge in [-0.2, -0.15) is 0 Å². The molecule has 2 aromatic heterocycles. The average Bonchev–Trinajstić information content (AvgIpc) is 2.94. The van der Waals surface area contributed by atoms with E-state index in [1.165, 1.54) is 11.8 Å². The van der Waals surface area contributed by atoms with E-state index in [1.54, 1.807) is 56.0 Å². The van der Waals surface area contributed by atoms with Gasteiger partial charge in [0.25, 0.3) is 5.78 Å². The third kappa shape index (κ3) is 4.14. The standard InChI is InChI=1S/C18H16N2O5S2/c1-2-24-17(23)18(11-26-12-3-7-19-8-4-12)15(14(21)16(22)25-18)27-13-5-9-20-10-6-13/h3-10,15H,2,11H2,1H3. The molecule has 140 valence electrons. The fraction of sp³-hybridized carbons (Fsp3) is 0.278. The van der Waals surface area contributed by atoms with Gasteiger partial charge in [0, 0.05) is 34.6 Å². The van der Waals surface area contributed by atoms with Crippen molar-refractivity contribution < 1.29 is 23.9 Å². The van der Waals surface area contributed by atoms with Crippen LogP contribution in [0.2, 0.25) is 0 Å². The van der Waals surface area contributed by atoms with Gasteiger partial charge in [0.2, 0.25) is 5.60 Å². The molecule has 1 fully saturated rings. The minimum absolute atomic E-state index is 0.0517. The molecule has 0 bridgehead atoms. The van der Waals surface area contributed by atoms with Crippen LogP contribution in [0.1, 0.15) is 6.92 Å². The van der Waals surface area contributed by atoms with Gasteiger partial charge in [-0.05, 0) is 31.2 Å². The van der Waals surface area contributed by atoms with Crippen LogP contribution >= 0.6 is 23.5 Å². The summed E-state index contributed by atoms with van der Waals surface area (Å²) < 4.78 is 10.5. The molecule has 2 unspecified atom stereocenters. The van der Waals surface area contributed by atoms with Crippen molar-refractivity contribution in [1.29, 1.82) is 0 Å². The highest BCUT2D eigenvalue weighted by molar-refractivity contribution is 8.01. The Balaban J connectivity index is 1.93. The van der Waals surface area contributed by atoms with Gasteiger partial charge in [-0.3, -0.25) is 14.8 Å². The molecule has 27 heavy (non-hydrogen) atoms. The number of aromatic nitrogens is 2. The van der Waals surface area contributed by atoms with Gasteiger partial charge in [-0.15, -0.1) is 23.5 Å². The van der Waals surface area contributed by atoms with E-state index in [-0.39, 0.29) is 12.4 Å². The number of pyridine rings is 2. The largest absolute Gasteiger partial charge is 0.463 e. The molecule has 0 radical (unpaired) electrons. The Morgan fingerprint density at radius 2 is 1.70 bits per heavy atom. The number of nitrogens with zero attached hydrogens (tertiary/aromatic N) is 2. The van der Waals surface area contributed by atoms with Crippen molar-refractivity contribution in [3.63, 3.8) is 0 Å². The highest BCUT2D eigenvalue weighted by atomic mass is 32.2. The molecule has 0 amide bonds. The number of thioether (sulfide) groups is 2. The summed E-state index contributed by atoms with van der Waals surface area (Å²) in [6.07, 6.45) is 6.38. The van der Waals surface area contributed by atoms with Crippen LogP contribution in [-0.4, -0.2) is 50.9 Å². The third-order valence-corrected chi connectivity index (χ3v) is 6.32. The summed E-state index contributed by atoms with van der Waals surface area (Å²) in [6.45, 7) is 1.77. The summed E-state index contributed by atoms with van der Waals surface area (Å²) in [6, 6.07) is 6.94. The van der Waals surface area contributed by atoms with Gasteiger partial charge in [0.15, 0.2) is 0 Å². The number of ether oxygens (including phenoxy) is 2. The zero-order valence-electron chi connectivity index (χ0n) is 14.4. The summed E-state index contributed by atoms with van der Waals surface area (Å²) in [4.78, 5) is 46.8. The van der Waals surface area contributed by atoms with E-state index in [0.717, 1.165) is 16.7 Å². The molecule has 0 N–H and O–H groups in total. The fourth-order valence-corrected chi connectivity index (χ4v) is 4.80. The second kappa shape index (κ2) is 8.53. The summed E-state index contributed by atoms with van der Waals surface area (Å²) in [5.74, 6) is -2.45. The summed E-state index contributed by atoms with van der Waals surface area (Å²) in [5.41, 5.74) is -1.70. The fourth-order valence-electron chi connectivity index (χ4n) is 2.48. The van der Waals surface area contributed by atoms with E-state index in [2.05, 4.69) is 9.97 Å². The van der Waals surface area contributed by atoms with E-state index >= 15 is 0 Å². The molecule has 7 nitrogen and oxygen atoms in total. The van der Waals surface area contributed by atoms with Gasteiger partial charge in [0.05, 0.1) is 12.4 Å². The Labute approximate surface area is 164 Å². The molecular weight excluding hydrogens is 388 g/mol. The molecule has 0 spiro atoms. The number of carbonyl (C=O) groups is 3. The van der Waals surface area contributed by atoms with Crippen molar-refractivity contribution >= 4 is 41.2 Å². The maximum atomic E-state index is 12.8. The number of esters is 2. The van der Waals surface area contributed by atoms with Gasteiger partial charge in [-0.25, -0.2) is 9.59 Å². The first-order valence-corrected chi connectivity index (χ1v) is 9.97. The number of rotatable bonds is 7. The molecular formula is C18H16N2O5S2. The van der Waals surface area contributed by atoms with E-state index in [1.807, 2.05) is 0 Å². The Bertz CT molecular complexity index is 834. The van der Waals surface area contributed by atoms with Crippen LogP contribution in [0.3, 0.4) is 0 Å². The Morgan fingerprint density at radius 3 is 2.30 bits per heavy atom. The first kappa shape index (κ1) is 19.4. The highest BCUT2D eigenvalue weighted by Crippen LogP contribution is 2.42. The second-order valence-corrected chi connectivity index (χ2v) is 7.74. The molecule has 1 aliphatic rings. The van der Waals surface area contributed by atoms with E-state index in [9.17, 15) is 14.4 Å². The molecule has 3 heterocycles. The molecule has 1 aliphatic heterocycles. The molecule has 1 saturated heterocycles. The van der Waals surface area contributed by atoms with Crippen LogP contribution in [0.5, 0.6) is 0 Å². The normalized spacial score (nSPS) is 21.7. The summed E-state index contributed by atoms with van der Waals surface area (Å²) >= 11 is 2.39. The number of carbonyl (C=O) groups excluding carboxylic acids is 3. The van der Waals surface area contributed by atoms with Crippen molar-refractivity contribution in [1.82, 2.24) is 9.97 Å². The van der Waals surface area contributed by atoms with Gasteiger partial charge < -0.3 is 9.47 Å². The quantitative estimate of drug-likeness (QED) is 0.391. The molecule has 9 heteroatoms. The molecule has 2 atom stereocenters. The lowest BCUT2D eigenvalue weighted by atomic mass is 10.0. The topological polar surface area (TPSA) is 95.5 Å². The number of hydrogen-bond donors (Lipinski definition) is 0. The van der Waals surface area contributed by atoms with E-state index in [0.29, 0.717) is 4.90 Å². The zero-order valence-corrected chi connectivity index (χ0v) is 16.0. The predicted molar refractivity (Wildman–Crippen MR) is 99.3 cm³/mol. The molecule has 3 rings (SSSR count).